The topological polar surface area (TPSA) is 79.5 Å². The quantitative estimate of drug-likeness (QED) is 0.470. The van der Waals surface area contributed by atoms with Crippen LogP contribution in [0.25, 0.3) is 0 Å². The van der Waals surface area contributed by atoms with E-state index in [1.807, 2.05) is 6.92 Å². The van der Waals surface area contributed by atoms with Crippen LogP contribution < -0.4 is 16.0 Å². The maximum absolute atomic E-state index is 11.9. The molecule has 0 aliphatic rings. The van der Waals surface area contributed by atoms with Gasteiger partial charge in [-0.1, -0.05) is 13.3 Å². The van der Waals surface area contributed by atoms with E-state index in [2.05, 4.69) is 16.0 Å². The summed E-state index contributed by atoms with van der Waals surface area (Å²) in [5.41, 5.74) is 1.28. The van der Waals surface area contributed by atoms with Gasteiger partial charge in [-0.2, -0.15) is 0 Å². The Hall–Kier alpha value is -1.99. The first-order valence-corrected chi connectivity index (χ1v) is 8.45. The van der Waals surface area contributed by atoms with Crippen molar-refractivity contribution < 1.29 is 14.3 Å². The van der Waals surface area contributed by atoms with E-state index in [0.29, 0.717) is 30.8 Å². The first-order chi connectivity index (χ1) is 11.6. The Morgan fingerprint density at radius 1 is 1.17 bits per heavy atom. The molecule has 0 atom stereocenters. The second-order valence-electron chi connectivity index (χ2n) is 5.29. The zero-order valence-corrected chi connectivity index (χ0v) is 15.0. The van der Waals surface area contributed by atoms with Crippen LogP contribution in [0.15, 0.2) is 24.3 Å². The first-order valence-electron chi connectivity index (χ1n) is 8.04. The van der Waals surface area contributed by atoms with Gasteiger partial charge in [0.05, 0.1) is 0 Å². The van der Waals surface area contributed by atoms with Crippen molar-refractivity contribution in [2.45, 2.75) is 32.6 Å². The Bertz CT molecular complexity index is 547. The van der Waals surface area contributed by atoms with Gasteiger partial charge in [-0.25, -0.2) is 0 Å². The summed E-state index contributed by atoms with van der Waals surface area (Å²) in [6.45, 7) is 3.21. The predicted molar refractivity (Wildman–Crippen MR) is 99.2 cm³/mol. The summed E-state index contributed by atoms with van der Waals surface area (Å²) < 4.78 is 4.93. The summed E-state index contributed by atoms with van der Waals surface area (Å²) in [4.78, 5) is 23.5. The van der Waals surface area contributed by atoms with E-state index in [4.69, 9.17) is 17.0 Å². The summed E-state index contributed by atoms with van der Waals surface area (Å²) in [7, 11) is 1.63. The normalized spacial score (nSPS) is 10.1. The predicted octanol–water partition coefficient (Wildman–Crippen LogP) is 2.46. The molecule has 0 aliphatic carbocycles. The van der Waals surface area contributed by atoms with Crippen LogP contribution in [-0.4, -0.2) is 37.2 Å². The molecule has 0 fully saturated rings. The van der Waals surface area contributed by atoms with Crippen molar-refractivity contribution in [1.29, 1.82) is 0 Å². The number of rotatable bonds is 9. The van der Waals surface area contributed by atoms with Crippen molar-refractivity contribution >= 4 is 34.8 Å². The number of thiocarbonyl (C=S) groups is 1. The fourth-order valence-electron chi connectivity index (χ4n) is 1.91. The lowest BCUT2D eigenvalue weighted by atomic mass is 10.2. The highest BCUT2D eigenvalue weighted by atomic mass is 32.1. The first kappa shape index (κ1) is 20.1. The molecule has 0 unspecified atom stereocenters. The molecule has 0 saturated carbocycles. The fourth-order valence-corrected chi connectivity index (χ4v) is 2.15. The molecule has 1 aromatic rings. The molecule has 24 heavy (non-hydrogen) atoms. The Morgan fingerprint density at radius 2 is 1.88 bits per heavy atom. The number of ether oxygens (including phenoxy) is 1. The second-order valence-corrected chi connectivity index (χ2v) is 5.69. The summed E-state index contributed by atoms with van der Waals surface area (Å²) in [6, 6.07) is 6.90. The van der Waals surface area contributed by atoms with E-state index in [1.54, 1.807) is 31.4 Å². The number of anilines is 1. The average Bonchev–Trinajstić information content (AvgIpc) is 2.57. The number of methoxy groups -OCH3 is 1. The Kier molecular flexibility index (Phi) is 9.64. The molecule has 0 spiro atoms. The van der Waals surface area contributed by atoms with Crippen LogP contribution in [0.4, 0.5) is 5.69 Å². The van der Waals surface area contributed by atoms with Crippen molar-refractivity contribution in [1.82, 2.24) is 10.6 Å². The highest BCUT2D eigenvalue weighted by Gasteiger charge is 2.07. The Morgan fingerprint density at radius 3 is 2.50 bits per heavy atom. The van der Waals surface area contributed by atoms with E-state index in [-0.39, 0.29) is 16.9 Å². The van der Waals surface area contributed by atoms with Crippen molar-refractivity contribution in [3.05, 3.63) is 29.8 Å². The van der Waals surface area contributed by atoms with Crippen LogP contribution in [0.5, 0.6) is 0 Å². The van der Waals surface area contributed by atoms with E-state index < -0.39 is 0 Å². The number of nitrogens with one attached hydrogen (secondary N) is 3. The van der Waals surface area contributed by atoms with E-state index in [0.717, 1.165) is 19.3 Å². The van der Waals surface area contributed by atoms with Gasteiger partial charge in [-0.05, 0) is 49.3 Å². The number of carbonyl (C=O) groups excluding carboxylic acids is 2. The molecule has 0 radical (unpaired) electrons. The third-order valence-corrected chi connectivity index (χ3v) is 3.43. The Labute approximate surface area is 148 Å². The smallest absolute Gasteiger partial charge is 0.251 e. The van der Waals surface area contributed by atoms with Crippen LogP contribution in [0, 0.1) is 0 Å². The largest absolute Gasteiger partial charge is 0.385 e. The molecule has 6 nitrogen and oxygen atoms in total. The highest BCUT2D eigenvalue weighted by Crippen LogP contribution is 2.09. The van der Waals surface area contributed by atoms with E-state index in [9.17, 15) is 9.59 Å². The molecule has 2 amide bonds. The third-order valence-electron chi connectivity index (χ3n) is 3.23. The molecular weight excluding hydrogens is 326 g/mol. The zero-order chi connectivity index (χ0) is 17.8. The van der Waals surface area contributed by atoms with Crippen LogP contribution in [0.1, 0.15) is 43.0 Å². The lowest BCUT2D eigenvalue weighted by Crippen LogP contribution is -2.33. The molecule has 0 saturated heterocycles. The minimum Gasteiger partial charge on any atom is -0.385 e. The van der Waals surface area contributed by atoms with Gasteiger partial charge < -0.3 is 20.7 Å². The van der Waals surface area contributed by atoms with Crippen LogP contribution in [-0.2, 0) is 9.53 Å². The van der Waals surface area contributed by atoms with Crippen molar-refractivity contribution in [2.24, 2.45) is 0 Å². The maximum Gasteiger partial charge on any atom is 0.251 e. The molecule has 0 aromatic heterocycles. The minimum atomic E-state index is -0.131. The third kappa shape index (κ3) is 8.03. The molecule has 132 valence electrons. The monoisotopic (exact) mass is 351 g/mol. The van der Waals surface area contributed by atoms with Gasteiger partial charge in [0.15, 0.2) is 5.11 Å². The summed E-state index contributed by atoms with van der Waals surface area (Å²) >= 11 is 5.10. The summed E-state index contributed by atoms with van der Waals surface area (Å²) in [5, 5.41) is 8.63. The number of benzene rings is 1. The van der Waals surface area contributed by atoms with Crippen molar-refractivity contribution in [3.8, 4) is 0 Å². The van der Waals surface area contributed by atoms with Crippen LogP contribution >= 0.6 is 12.2 Å². The minimum absolute atomic E-state index is 0.0959. The van der Waals surface area contributed by atoms with Crippen molar-refractivity contribution in [3.63, 3.8) is 0 Å². The van der Waals surface area contributed by atoms with Crippen molar-refractivity contribution in [2.75, 3.05) is 25.6 Å². The summed E-state index contributed by atoms with van der Waals surface area (Å²) in [5.74, 6) is -0.227. The number of amides is 2. The average molecular weight is 351 g/mol. The van der Waals surface area contributed by atoms with Crippen LogP contribution in [0.3, 0.4) is 0 Å². The van der Waals surface area contributed by atoms with Gasteiger partial charge in [0.25, 0.3) is 5.91 Å². The molecule has 1 aromatic carbocycles. The van der Waals surface area contributed by atoms with E-state index >= 15 is 0 Å². The highest BCUT2D eigenvalue weighted by molar-refractivity contribution is 7.80. The molecule has 0 aliphatic heterocycles. The van der Waals surface area contributed by atoms with E-state index in [1.165, 1.54) is 0 Å². The number of unbranched alkanes of at least 4 members (excludes halogenated alkanes) is 1. The van der Waals surface area contributed by atoms with Crippen LogP contribution in [0.2, 0.25) is 0 Å². The van der Waals surface area contributed by atoms with Gasteiger partial charge in [0, 0.05) is 37.9 Å². The molecule has 0 heterocycles. The van der Waals surface area contributed by atoms with Gasteiger partial charge in [-0.15, -0.1) is 0 Å². The number of carbonyl (C=O) groups is 2. The van der Waals surface area contributed by atoms with Gasteiger partial charge >= 0.3 is 0 Å². The Balaban J connectivity index is 2.42. The van der Waals surface area contributed by atoms with Gasteiger partial charge in [0.2, 0.25) is 5.91 Å². The zero-order valence-electron chi connectivity index (χ0n) is 14.2. The lowest BCUT2D eigenvalue weighted by Gasteiger charge is -2.10. The molecule has 3 N–H and O–H groups in total. The molecule has 1 rings (SSSR count). The standard InChI is InChI=1S/C17H25N3O3S/c1-3-4-6-15(21)20-17(24)19-14-9-7-13(8-10-14)16(22)18-11-5-12-23-2/h7-10H,3-6,11-12H2,1-2H3,(H,18,22)(H2,19,20,21,24). The van der Waals surface area contributed by atoms with Gasteiger partial charge in [0.1, 0.15) is 0 Å². The second kappa shape index (κ2) is 11.5. The molecule has 0 bridgehead atoms. The SMILES string of the molecule is CCCCC(=O)NC(=S)Nc1ccc(C(=O)NCCCOC)cc1. The maximum atomic E-state index is 11.9. The molecule has 7 heteroatoms. The van der Waals surface area contributed by atoms with Gasteiger partial charge in [-0.3, -0.25) is 9.59 Å². The number of hydrogen-bond donors (Lipinski definition) is 3. The molecular formula is C17H25N3O3S. The number of hydrogen-bond acceptors (Lipinski definition) is 4. The lowest BCUT2D eigenvalue weighted by molar-refractivity contribution is -0.119. The summed E-state index contributed by atoms with van der Waals surface area (Å²) in [6.07, 6.45) is 3.03. The fraction of sp³-hybridized carbons (Fsp3) is 0.471.